The Morgan fingerprint density at radius 2 is 1.67 bits per heavy atom. The van der Waals surface area contributed by atoms with Crippen molar-refractivity contribution in [1.29, 1.82) is 0 Å². The number of hydrogen-bond donors (Lipinski definition) is 2. The molecule has 0 aromatic heterocycles. The Labute approximate surface area is 155 Å². The smallest absolute Gasteiger partial charge is 0.171 e. The Bertz CT molecular complexity index is 725. The van der Waals surface area contributed by atoms with Crippen molar-refractivity contribution in [2.24, 2.45) is 0 Å². The second kappa shape index (κ2) is 8.75. The summed E-state index contributed by atoms with van der Waals surface area (Å²) in [5.74, 6) is 1.96. The first-order chi connectivity index (χ1) is 11.6. The summed E-state index contributed by atoms with van der Waals surface area (Å²) >= 11 is 8.76. The van der Waals surface area contributed by atoms with Crippen molar-refractivity contribution >= 4 is 38.9 Å². The predicted molar refractivity (Wildman–Crippen MR) is 103 cm³/mol. The van der Waals surface area contributed by atoms with Gasteiger partial charge in [0.15, 0.2) is 16.6 Å². The van der Waals surface area contributed by atoms with Gasteiger partial charge in [-0.1, -0.05) is 22.0 Å². The van der Waals surface area contributed by atoms with Crippen LogP contribution < -0.4 is 24.8 Å². The van der Waals surface area contributed by atoms with Gasteiger partial charge in [0, 0.05) is 28.3 Å². The minimum atomic E-state index is 0.489. The van der Waals surface area contributed by atoms with Gasteiger partial charge in [-0.3, -0.25) is 0 Å². The molecule has 2 N–H and O–H groups in total. The lowest BCUT2D eigenvalue weighted by molar-refractivity contribution is 0.347. The summed E-state index contributed by atoms with van der Waals surface area (Å²) in [6, 6.07) is 11.4. The third-order valence-electron chi connectivity index (χ3n) is 3.31. The van der Waals surface area contributed by atoms with E-state index in [9.17, 15) is 0 Å². The molecule has 7 heteroatoms. The predicted octanol–water partition coefficient (Wildman–Crippen LogP) is 3.96. The standard InChI is InChI=1S/C17H19BrN2O3S/c1-21-14-9-16(23-3)15(22-2)7-11(14)10-19-17(24)20-13-6-4-5-12(18)8-13/h4-9H,10H2,1-3H3,(H2,19,20,24). The molecule has 0 fully saturated rings. The van der Waals surface area contributed by atoms with Crippen molar-refractivity contribution in [1.82, 2.24) is 5.32 Å². The number of hydrogen-bond acceptors (Lipinski definition) is 4. The summed E-state index contributed by atoms with van der Waals surface area (Å²) in [6.07, 6.45) is 0. The molecule has 0 heterocycles. The Morgan fingerprint density at radius 1 is 1.00 bits per heavy atom. The number of anilines is 1. The van der Waals surface area contributed by atoms with Crippen LogP contribution in [0.5, 0.6) is 17.2 Å². The van der Waals surface area contributed by atoms with Gasteiger partial charge in [-0.15, -0.1) is 0 Å². The lowest BCUT2D eigenvalue weighted by Crippen LogP contribution is -2.28. The lowest BCUT2D eigenvalue weighted by Gasteiger charge is -2.16. The van der Waals surface area contributed by atoms with Crippen LogP contribution in [0.1, 0.15) is 5.56 Å². The zero-order chi connectivity index (χ0) is 17.5. The van der Waals surface area contributed by atoms with Crippen LogP contribution >= 0.6 is 28.1 Å². The number of methoxy groups -OCH3 is 3. The van der Waals surface area contributed by atoms with Crippen molar-refractivity contribution < 1.29 is 14.2 Å². The first-order valence-corrected chi connectivity index (χ1v) is 8.36. The largest absolute Gasteiger partial charge is 0.496 e. The fourth-order valence-corrected chi connectivity index (χ4v) is 2.74. The average molecular weight is 411 g/mol. The number of thiocarbonyl (C=S) groups is 1. The van der Waals surface area contributed by atoms with E-state index >= 15 is 0 Å². The highest BCUT2D eigenvalue weighted by atomic mass is 79.9. The van der Waals surface area contributed by atoms with Crippen LogP contribution in [-0.4, -0.2) is 26.4 Å². The minimum Gasteiger partial charge on any atom is -0.496 e. The van der Waals surface area contributed by atoms with E-state index in [1.54, 1.807) is 27.4 Å². The molecule has 2 aromatic carbocycles. The number of halogens is 1. The summed E-state index contributed by atoms with van der Waals surface area (Å²) in [7, 11) is 4.80. The van der Waals surface area contributed by atoms with Gasteiger partial charge in [0.1, 0.15) is 5.75 Å². The van der Waals surface area contributed by atoms with Crippen LogP contribution in [0.3, 0.4) is 0 Å². The number of ether oxygens (including phenoxy) is 3. The third kappa shape index (κ3) is 4.75. The summed E-state index contributed by atoms with van der Waals surface area (Å²) < 4.78 is 17.0. The van der Waals surface area contributed by atoms with Crippen molar-refractivity contribution in [2.45, 2.75) is 6.54 Å². The zero-order valence-electron chi connectivity index (χ0n) is 13.7. The Hall–Kier alpha value is -1.99. The highest BCUT2D eigenvalue weighted by molar-refractivity contribution is 9.10. The second-order valence-electron chi connectivity index (χ2n) is 4.84. The lowest BCUT2D eigenvalue weighted by atomic mass is 10.1. The molecule has 0 unspecified atom stereocenters. The maximum absolute atomic E-state index is 5.41. The van der Waals surface area contributed by atoms with E-state index in [-0.39, 0.29) is 0 Å². The molecule has 0 bridgehead atoms. The highest BCUT2D eigenvalue weighted by Gasteiger charge is 2.12. The second-order valence-corrected chi connectivity index (χ2v) is 6.16. The quantitative estimate of drug-likeness (QED) is 0.702. The number of rotatable bonds is 6. The van der Waals surface area contributed by atoms with Gasteiger partial charge in [0.2, 0.25) is 0 Å². The minimum absolute atomic E-state index is 0.489. The van der Waals surface area contributed by atoms with Crippen LogP contribution in [0.4, 0.5) is 5.69 Å². The maximum Gasteiger partial charge on any atom is 0.171 e. The Kier molecular flexibility index (Phi) is 6.69. The molecule has 0 aliphatic carbocycles. The van der Waals surface area contributed by atoms with Crippen molar-refractivity contribution in [2.75, 3.05) is 26.6 Å². The summed E-state index contributed by atoms with van der Waals surface area (Å²) in [5.41, 5.74) is 1.81. The van der Waals surface area contributed by atoms with Crippen molar-refractivity contribution in [3.63, 3.8) is 0 Å². The first kappa shape index (κ1) is 18.4. The van der Waals surface area contributed by atoms with Gasteiger partial charge in [0.05, 0.1) is 21.3 Å². The van der Waals surface area contributed by atoms with Crippen LogP contribution in [-0.2, 0) is 6.54 Å². The number of nitrogens with one attached hydrogen (secondary N) is 2. The Morgan fingerprint density at radius 3 is 2.29 bits per heavy atom. The normalized spacial score (nSPS) is 10.0. The molecule has 0 saturated carbocycles. The van der Waals surface area contributed by atoms with Gasteiger partial charge in [-0.25, -0.2) is 0 Å². The first-order valence-electron chi connectivity index (χ1n) is 7.16. The van der Waals surface area contributed by atoms with Gasteiger partial charge in [-0.2, -0.15) is 0 Å². The van der Waals surface area contributed by atoms with Crippen molar-refractivity contribution in [3.05, 3.63) is 46.4 Å². The molecule has 0 atom stereocenters. The molecule has 0 aliphatic rings. The molecule has 0 spiro atoms. The van der Waals surface area contributed by atoms with E-state index in [2.05, 4.69) is 26.6 Å². The fourth-order valence-electron chi connectivity index (χ4n) is 2.15. The average Bonchev–Trinajstić information content (AvgIpc) is 2.59. The molecule has 0 amide bonds. The van der Waals surface area contributed by atoms with E-state index in [0.717, 1.165) is 15.7 Å². The molecule has 0 radical (unpaired) electrons. The summed E-state index contributed by atoms with van der Waals surface area (Å²) in [6.45, 7) is 0.489. The maximum atomic E-state index is 5.41. The van der Waals surface area contributed by atoms with E-state index in [0.29, 0.717) is 28.9 Å². The van der Waals surface area contributed by atoms with Crippen LogP contribution in [0.2, 0.25) is 0 Å². The summed E-state index contributed by atoms with van der Waals surface area (Å²) in [5, 5.41) is 6.81. The zero-order valence-corrected chi connectivity index (χ0v) is 16.1. The third-order valence-corrected chi connectivity index (χ3v) is 4.05. The topological polar surface area (TPSA) is 51.8 Å². The van der Waals surface area contributed by atoms with Gasteiger partial charge in [0.25, 0.3) is 0 Å². The molecule has 2 rings (SSSR count). The molecule has 0 saturated heterocycles. The van der Waals surface area contributed by atoms with Crippen LogP contribution in [0.25, 0.3) is 0 Å². The molecular formula is C17H19BrN2O3S. The van der Waals surface area contributed by atoms with Gasteiger partial charge < -0.3 is 24.8 Å². The van der Waals surface area contributed by atoms with Gasteiger partial charge in [-0.05, 0) is 36.5 Å². The van der Waals surface area contributed by atoms with Gasteiger partial charge >= 0.3 is 0 Å². The van der Waals surface area contributed by atoms with Crippen LogP contribution in [0.15, 0.2) is 40.9 Å². The highest BCUT2D eigenvalue weighted by Crippen LogP contribution is 2.34. The van der Waals surface area contributed by atoms with Crippen molar-refractivity contribution in [3.8, 4) is 17.2 Å². The monoisotopic (exact) mass is 410 g/mol. The molecule has 24 heavy (non-hydrogen) atoms. The van der Waals surface area contributed by atoms with E-state index in [1.807, 2.05) is 30.3 Å². The molecule has 2 aromatic rings. The fraction of sp³-hybridized carbons (Fsp3) is 0.235. The molecular weight excluding hydrogens is 392 g/mol. The SMILES string of the molecule is COc1cc(OC)c(OC)cc1CNC(=S)Nc1cccc(Br)c1. The molecule has 0 aliphatic heterocycles. The van der Waals surface area contributed by atoms with E-state index in [4.69, 9.17) is 26.4 Å². The molecule has 128 valence electrons. The summed E-state index contributed by atoms with van der Waals surface area (Å²) in [4.78, 5) is 0. The van der Waals surface area contributed by atoms with E-state index in [1.165, 1.54) is 0 Å². The van der Waals surface area contributed by atoms with Crippen LogP contribution in [0, 0.1) is 0 Å². The Balaban J connectivity index is 2.06. The molecule has 5 nitrogen and oxygen atoms in total. The number of benzene rings is 2. The van der Waals surface area contributed by atoms with E-state index < -0.39 is 0 Å².